The van der Waals surface area contributed by atoms with Crippen molar-refractivity contribution in [2.24, 2.45) is 5.16 Å². The molecule has 7 heteroatoms. The van der Waals surface area contributed by atoms with Crippen molar-refractivity contribution in [3.8, 4) is 6.07 Å². The highest BCUT2D eigenvalue weighted by Gasteiger charge is 2.31. The summed E-state index contributed by atoms with van der Waals surface area (Å²) >= 11 is 7.66. The summed E-state index contributed by atoms with van der Waals surface area (Å²) in [4.78, 5) is 19.0. The van der Waals surface area contributed by atoms with E-state index in [2.05, 4.69) is 16.5 Å². The van der Waals surface area contributed by atoms with E-state index in [1.165, 1.54) is 16.2 Å². The number of carbonyl (C=O) groups is 1. The number of hydrogen-bond acceptors (Lipinski definition) is 5. The quantitative estimate of drug-likeness (QED) is 0.889. The molecule has 1 N–H and O–H groups in total. The van der Waals surface area contributed by atoms with E-state index in [4.69, 9.17) is 16.4 Å². The van der Waals surface area contributed by atoms with Crippen molar-refractivity contribution in [3.05, 3.63) is 50.9 Å². The van der Waals surface area contributed by atoms with Gasteiger partial charge in [-0.15, -0.1) is 11.3 Å². The Morgan fingerprint density at radius 2 is 2.24 bits per heavy atom. The lowest BCUT2D eigenvalue weighted by Gasteiger charge is -2.09. The van der Waals surface area contributed by atoms with Crippen molar-refractivity contribution in [2.45, 2.75) is 31.8 Å². The van der Waals surface area contributed by atoms with Crippen LogP contribution in [0.1, 0.15) is 34.4 Å². The number of nitrogens with one attached hydrogen (secondary N) is 1. The first kappa shape index (κ1) is 16.1. The summed E-state index contributed by atoms with van der Waals surface area (Å²) in [5.74, 6) is -0.290. The topological polar surface area (TPSA) is 74.5 Å². The molecule has 5 nitrogen and oxygen atoms in total. The Labute approximate surface area is 153 Å². The molecular formula is C18H14ClN3O2S. The van der Waals surface area contributed by atoms with E-state index in [1.807, 2.05) is 18.2 Å². The van der Waals surface area contributed by atoms with Gasteiger partial charge < -0.3 is 10.2 Å². The van der Waals surface area contributed by atoms with Gasteiger partial charge in [-0.3, -0.25) is 4.79 Å². The van der Waals surface area contributed by atoms with Crippen LogP contribution in [0.4, 0.5) is 5.00 Å². The number of amides is 1. The van der Waals surface area contributed by atoms with Gasteiger partial charge >= 0.3 is 0 Å². The van der Waals surface area contributed by atoms with Gasteiger partial charge in [-0.05, 0) is 30.9 Å². The number of halogens is 1. The zero-order valence-corrected chi connectivity index (χ0v) is 14.8. The highest BCUT2D eigenvalue weighted by Crippen LogP contribution is 2.38. The normalized spacial score (nSPS) is 18.2. The third kappa shape index (κ3) is 2.90. The van der Waals surface area contributed by atoms with Crippen LogP contribution in [-0.2, 0) is 22.5 Å². The minimum Gasteiger partial charge on any atom is -0.382 e. The predicted molar refractivity (Wildman–Crippen MR) is 97.2 cm³/mol. The van der Waals surface area contributed by atoms with Crippen molar-refractivity contribution in [2.75, 3.05) is 5.32 Å². The van der Waals surface area contributed by atoms with Gasteiger partial charge in [0.05, 0.1) is 11.3 Å². The second-order valence-electron chi connectivity index (χ2n) is 5.98. The van der Waals surface area contributed by atoms with E-state index in [0.29, 0.717) is 27.7 Å². The minimum atomic E-state index is -0.713. The van der Waals surface area contributed by atoms with E-state index in [9.17, 15) is 10.1 Å². The molecule has 2 aromatic rings. The van der Waals surface area contributed by atoms with E-state index in [1.54, 1.807) is 6.07 Å². The molecule has 1 atom stereocenters. The molecule has 1 aromatic heterocycles. The third-order valence-electron chi connectivity index (χ3n) is 4.42. The largest absolute Gasteiger partial charge is 0.382 e. The van der Waals surface area contributed by atoms with Crippen LogP contribution in [0, 0.1) is 11.3 Å². The molecule has 25 heavy (non-hydrogen) atoms. The van der Waals surface area contributed by atoms with Gasteiger partial charge in [0.2, 0.25) is 6.10 Å². The number of nitrogens with zero attached hydrogens (tertiary/aromatic N) is 2. The van der Waals surface area contributed by atoms with E-state index in [0.717, 1.165) is 30.4 Å². The monoisotopic (exact) mass is 371 g/mol. The number of nitriles is 1. The van der Waals surface area contributed by atoms with Gasteiger partial charge in [0.15, 0.2) is 0 Å². The van der Waals surface area contributed by atoms with Crippen LogP contribution >= 0.6 is 22.9 Å². The lowest BCUT2D eigenvalue weighted by atomic mass is 10.0. The number of aryl methyl sites for hydroxylation is 1. The number of thiophene rings is 1. The molecule has 0 bridgehead atoms. The minimum absolute atomic E-state index is 0.290. The lowest BCUT2D eigenvalue weighted by molar-refractivity contribution is -0.125. The molecule has 1 aliphatic carbocycles. The van der Waals surface area contributed by atoms with Crippen LogP contribution in [-0.4, -0.2) is 17.7 Å². The van der Waals surface area contributed by atoms with Crippen LogP contribution in [0.15, 0.2) is 29.4 Å². The Morgan fingerprint density at radius 1 is 1.40 bits per heavy atom. The van der Waals surface area contributed by atoms with Gasteiger partial charge in [-0.1, -0.05) is 35.0 Å². The van der Waals surface area contributed by atoms with Crippen LogP contribution < -0.4 is 5.32 Å². The van der Waals surface area contributed by atoms with Crippen LogP contribution in [0.2, 0.25) is 5.02 Å². The third-order valence-corrected chi connectivity index (χ3v) is 5.95. The van der Waals surface area contributed by atoms with Gasteiger partial charge in [-0.25, -0.2) is 0 Å². The standard InChI is InChI=1S/C18H14ClN3O2S/c19-13-6-2-1-4-11(13)14-8-15(24-22-14)17(23)21-18-12(9-20)10-5-3-7-16(10)25-18/h1-2,4,6,15H,3,5,7-8H2,(H,21,23)/t15-/m0/s1. The molecule has 4 rings (SSSR count). The summed E-state index contributed by atoms with van der Waals surface area (Å²) in [5.41, 5.74) is 3.10. The van der Waals surface area contributed by atoms with Crippen molar-refractivity contribution in [1.82, 2.24) is 0 Å². The van der Waals surface area contributed by atoms with Crippen molar-refractivity contribution in [3.63, 3.8) is 0 Å². The maximum Gasteiger partial charge on any atom is 0.269 e. The molecule has 0 unspecified atom stereocenters. The first-order valence-electron chi connectivity index (χ1n) is 8.00. The molecule has 0 radical (unpaired) electrons. The first-order chi connectivity index (χ1) is 12.2. The van der Waals surface area contributed by atoms with Crippen LogP contribution in [0.3, 0.4) is 0 Å². The number of oxime groups is 1. The molecule has 2 aliphatic rings. The second-order valence-corrected chi connectivity index (χ2v) is 7.49. The van der Waals surface area contributed by atoms with Crippen LogP contribution in [0.5, 0.6) is 0 Å². The average molecular weight is 372 g/mol. The Bertz CT molecular complexity index is 929. The summed E-state index contributed by atoms with van der Waals surface area (Å²) in [6.07, 6.45) is 2.59. The average Bonchev–Trinajstić information content (AvgIpc) is 3.30. The molecule has 1 amide bonds. The Hall–Kier alpha value is -2.36. The number of hydrogen-bond donors (Lipinski definition) is 1. The number of carbonyl (C=O) groups excluding carboxylic acids is 1. The van der Waals surface area contributed by atoms with Gasteiger partial charge in [0.1, 0.15) is 11.1 Å². The zero-order chi connectivity index (χ0) is 17.4. The maximum atomic E-state index is 12.5. The zero-order valence-electron chi connectivity index (χ0n) is 13.2. The Kier molecular flexibility index (Phi) is 4.20. The molecule has 0 fully saturated rings. The van der Waals surface area contributed by atoms with Crippen LogP contribution in [0.25, 0.3) is 0 Å². The smallest absolute Gasteiger partial charge is 0.269 e. The molecule has 0 saturated carbocycles. The number of anilines is 1. The molecule has 2 heterocycles. The molecule has 1 aromatic carbocycles. The molecule has 0 spiro atoms. The summed E-state index contributed by atoms with van der Waals surface area (Å²) < 4.78 is 0. The molecule has 1 aliphatic heterocycles. The maximum absolute atomic E-state index is 12.5. The Morgan fingerprint density at radius 3 is 3.04 bits per heavy atom. The Balaban J connectivity index is 1.48. The molecule has 0 saturated heterocycles. The number of benzene rings is 1. The van der Waals surface area contributed by atoms with Crippen molar-refractivity contribution >= 4 is 39.6 Å². The summed E-state index contributed by atoms with van der Waals surface area (Å²) in [7, 11) is 0. The predicted octanol–water partition coefficient (Wildman–Crippen LogP) is 3.89. The van der Waals surface area contributed by atoms with E-state index < -0.39 is 6.10 Å². The first-order valence-corrected chi connectivity index (χ1v) is 9.20. The van der Waals surface area contributed by atoms with E-state index in [-0.39, 0.29) is 5.91 Å². The highest BCUT2D eigenvalue weighted by atomic mass is 35.5. The number of rotatable bonds is 3. The second kappa shape index (κ2) is 6.51. The van der Waals surface area contributed by atoms with Crippen molar-refractivity contribution < 1.29 is 9.63 Å². The van der Waals surface area contributed by atoms with Gasteiger partial charge in [0.25, 0.3) is 5.91 Å². The van der Waals surface area contributed by atoms with Crippen molar-refractivity contribution in [1.29, 1.82) is 5.26 Å². The van der Waals surface area contributed by atoms with Gasteiger partial charge in [0, 0.05) is 21.9 Å². The summed E-state index contributed by atoms with van der Waals surface area (Å²) in [6, 6.07) is 9.55. The molecular weight excluding hydrogens is 358 g/mol. The molecule has 126 valence electrons. The van der Waals surface area contributed by atoms with Gasteiger partial charge in [-0.2, -0.15) is 5.26 Å². The summed E-state index contributed by atoms with van der Waals surface area (Å²) in [6.45, 7) is 0. The fourth-order valence-electron chi connectivity index (χ4n) is 3.18. The fraction of sp³-hybridized carbons (Fsp3) is 0.278. The highest BCUT2D eigenvalue weighted by molar-refractivity contribution is 7.16. The SMILES string of the molecule is N#Cc1c(NC(=O)[C@@H]2CC(c3ccccc3Cl)=NO2)sc2c1CCC2. The lowest BCUT2D eigenvalue weighted by Crippen LogP contribution is -2.28. The van der Waals surface area contributed by atoms with E-state index >= 15 is 0 Å². The fourth-order valence-corrected chi connectivity index (χ4v) is 4.66. The summed E-state index contributed by atoms with van der Waals surface area (Å²) in [5, 5.41) is 17.5. The number of fused-ring (bicyclic) bond motifs is 1.